The maximum atomic E-state index is 11.0. The topological polar surface area (TPSA) is 356 Å². The molecule has 1 saturated heterocycles. The van der Waals surface area contributed by atoms with Crippen LogP contribution < -0.4 is 49.5 Å². The molecule has 1 aliphatic heterocycles. The standard InChI is InChI=1S/C11H17N5O9P2.4H3N/c1-12-10-9-11(14-4-13-10)16(5-15-9)8-2-6(25-27(20,21)22)7(24-8)3-23-26(17,18)19;;;;/h4-8H,2-3H2,1H3,(H,12,13,14)(H2,17,18,19)(H2,20,21,22);4*1H3/t6-,7+,8+;;;;/m0..../s1. The number of hydrogen-bond donors (Lipinski definition) is 5. The van der Waals surface area contributed by atoms with Crippen LogP contribution in [0.5, 0.6) is 0 Å². The van der Waals surface area contributed by atoms with Gasteiger partial charge >= 0.3 is 0 Å². The summed E-state index contributed by atoms with van der Waals surface area (Å²) < 4.78 is 37.2. The first-order valence-electron chi connectivity index (χ1n) is 7.45. The summed E-state index contributed by atoms with van der Waals surface area (Å²) in [5.74, 6) is 0.437. The third-order valence-electron chi connectivity index (χ3n) is 3.75. The van der Waals surface area contributed by atoms with Gasteiger partial charge in [0.05, 0.1) is 34.7 Å². The van der Waals surface area contributed by atoms with Gasteiger partial charge in [0.25, 0.3) is 0 Å². The second kappa shape index (κ2) is 11.8. The van der Waals surface area contributed by atoms with E-state index in [1.807, 2.05) is 0 Å². The SMILES string of the molecule is CNc1ncnc2c1ncn2[C@H]1C[C@H](OP(=O)([O-])[O-])[C@@H](COP(=O)([O-])[O-])O1.[NH4+].[NH4+].[NH4+].[NH4+]. The molecule has 3 atom stereocenters. The van der Waals surface area contributed by atoms with Crippen molar-refractivity contribution in [1.82, 2.24) is 44.1 Å². The highest BCUT2D eigenvalue weighted by molar-refractivity contribution is 7.43. The highest BCUT2D eigenvalue weighted by Gasteiger charge is 2.38. The van der Waals surface area contributed by atoms with Crippen LogP contribution in [0.1, 0.15) is 12.6 Å². The first kappa shape index (κ1) is 31.6. The van der Waals surface area contributed by atoms with Crippen LogP contribution >= 0.6 is 15.6 Å². The maximum Gasteiger partial charge on any atom is 0.167 e. The largest absolute Gasteiger partial charge is 0.790 e. The van der Waals surface area contributed by atoms with E-state index in [1.165, 1.54) is 17.2 Å². The molecule has 0 bridgehead atoms. The van der Waals surface area contributed by atoms with E-state index in [9.17, 15) is 28.7 Å². The number of anilines is 1. The van der Waals surface area contributed by atoms with Gasteiger partial charge in [-0.1, -0.05) is 0 Å². The number of rotatable bonds is 7. The molecule has 18 nitrogen and oxygen atoms in total. The van der Waals surface area contributed by atoms with Gasteiger partial charge in [-0.2, -0.15) is 0 Å². The van der Waals surface area contributed by atoms with Crippen molar-refractivity contribution < 1.29 is 42.5 Å². The van der Waals surface area contributed by atoms with Crippen LogP contribution in [0.3, 0.4) is 0 Å². The number of nitrogens with one attached hydrogen (secondary N) is 1. The fourth-order valence-corrected chi connectivity index (χ4v) is 3.59. The number of aromatic nitrogens is 4. The molecule has 2 aromatic heterocycles. The zero-order valence-corrected chi connectivity index (χ0v) is 19.4. The summed E-state index contributed by atoms with van der Waals surface area (Å²) in [6.45, 7) is -0.811. The Morgan fingerprint density at radius 3 is 2.32 bits per heavy atom. The number of imidazole rings is 1. The summed E-state index contributed by atoms with van der Waals surface area (Å²) >= 11 is 0. The van der Waals surface area contributed by atoms with E-state index in [0.29, 0.717) is 17.0 Å². The van der Waals surface area contributed by atoms with Crippen molar-refractivity contribution in [3.8, 4) is 0 Å². The van der Waals surface area contributed by atoms with Gasteiger partial charge in [0.2, 0.25) is 0 Å². The lowest BCUT2D eigenvalue weighted by atomic mass is 10.2. The van der Waals surface area contributed by atoms with Crippen LogP contribution in [0.15, 0.2) is 12.7 Å². The molecule has 1 fully saturated rings. The van der Waals surface area contributed by atoms with Crippen LogP contribution in [0, 0.1) is 0 Å². The Labute approximate surface area is 176 Å². The molecule has 0 aromatic carbocycles. The van der Waals surface area contributed by atoms with Gasteiger partial charge in [0, 0.05) is 13.5 Å². The number of ether oxygens (including phenoxy) is 1. The van der Waals surface area contributed by atoms with Gasteiger partial charge < -0.3 is 72.4 Å². The molecule has 31 heavy (non-hydrogen) atoms. The van der Waals surface area contributed by atoms with Crippen molar-refractivity contribution in [2.45, 2.75) is 24.9 Å². The summed E-state index contributed by atoms with van der Waals surface area (Å²) in [6, 6.07) is 0. The molecular formula is C11H29N9O9P2. The second-order valence-corrected chi connectivity index (χ2v) is 7.75. The summed E-state index contributed by atoms with van der Waals surface area (Å²) in [5, 5.41) is 2.83. The van der Waals surface area contributed by atoms with Gasteiger partial charge in [-0.25, -0.2) is 15.0 Å². The molecule has 17 N–H and O–H groups in total. The maximum absolute atomic E-state index is 11.0. The van der Waals surface area contributed by atoms with E-state index in [-0.39, 0.29) is 31.0 Å². The van der Waals surface area contributed by atoms with E-state index < -0.39 is 40.7 Å². The fourth-order valence-electron chi connectivity index (χ4n) is 2.71. The Bertz CT molecular complexity index is 919. The molecule has 3 heterocycles. The third-order valence-corrected chi connectivity index (χ3v) is 4.74. The minimum Gasteiger partial charge on any atom is -0.790 e. The molecule has 0 spiro atoms. The lowest BCUT2D eigenvalue weighted by Gasteiger charge is -2.35. The average molecular weight is 493 g/mol. The highest BCUT2D eigenvalue weighted by Crippen LogP contribution is 2.40. The molecule has 1 aliphatic rings. The average Bonchev–Trinajstić information content (AvgIpc) is 3.14. The van der Waals surface area contributed by atoms with Crippen molar-refractivity contribution >= 4 is 32.6 Å². The Kier molecular flexibility index (Phi) is 12.1. The van der Waals surface area contributed by atoms with Crippen molar-refractivity contribution in [1.29, 1.82) is 0 Å². The molecule has 0 aliphatic carbocycles. The zero-order chi connectivity index (χ0) is 19.8. The lowest BCUT2D eigenvalue weighted by molar-refractivity contribution is -0.346. The molecule has 0 unspecified atom stereocenters. The number of fused-ring (bicyclic) bond motifs is 1. The van der Waals surface area contributed by atoms with Crippen LogP contribution in [-0.4, -0.2) is 45.4 Å². The Hall–Kier alpha value is -1.63. The monoisotopic (exact) mass is 493 g/mol. The smallest absolute Gasteiger partial charge is 0.167 e. The molecule has 0 saturated carbocycles. The summed E-state index contributed by atoms with van der Waals surface area (Å²) in [5.41, 5.74) is 0.744. The van der Waals surface area contributed by atoms with E-state index in [2.05, 4.69) is 29.3 Å². The zero-order valence-electron chi connectivity index (χ0n) is 17.7. The van der Waals surface area contributed by atoms with Crippen LogP contribution in [0.4, 0.5) is 5.82 Å². The molecule has 20 heteroatoms. The lowest BCUT2D eigenvalue weighted by Crippen LogP contribution is -2.33. The van der Waals surface area contributed by atoms with Crippen LogP contribution in [0.25, 0.3) is 11.2 Å². The van der Waals surface area contributed by atoms with Crippen molar-refractivity contribution in [2.24, 2.45) is 0 Å². The summed E-state index contributed by atoms with van der Waals surface area (Å²) in [4.78, 5) is 55.5. The molecule has 182 valence electrons. The van der Waals surface area contributed by atoms with Crippen LogP contribution in [-0.2, 0) is 22.9 Å². The first-order chi connectivity index (χ1) is 12.6. The Balaban J connectivity index is 0. The quantitative estimate of drug-likeness (QED) is 0.281. The van der Waals surface area contributed by atoms with Gasteiger partial charge in [-0.15, -0.1) is 0 Å². The highest BCUT2D eigenvalue weighted by atomic mass is 31.2. The minimum absolute atomic E-state index is 0. The van der Waals surface area contributed by atoms with Gasteiger partial charge in [-0.3, -0.25) is 4.57 Å². The minimum atomic E-state index is -5.40. The normalized spacial score (nSPS) is 20.7. The Morgan fingerprint density at radius 2 is 1.77 bits per heavy atom. The van der Waals surface area contributed by atoms with Gasteiger partial charge in [-0.05, 0) is 0 Å². The van der Waals surface area contributed by atoms with E-state index in [4.69, 9.17) is 4.74 Å². The summed E-state index contributed by atoms with van der Waals surface area (Å²) in [6.07, 6.45) is -1.10. The number of phosphoric acid groups is 2. The van der Waals surface area contributed by atoms with Gasteiger partial charge in [0.1, 0.15) is 24.2 Å². The number of nitrogens with zero attached hydrogens (tertiary/aromatic N) is 4. The van der Waals surface area contributed by atoms with Crippen molar-refractivity contribution in [2.75, 3.05) is 19.0 Å². The predicted molar refractivity (Wildman–Crippen MR) is 103 cm³/mol. The molecule has 2 aromatic rings. The van der Waals surface area contributed by atoms with E-state index in [0.717, 1.165) is 0 Å². The molecule has 3 rings (SSSR count). The Morgan fingerprint density at radius 1 is 1.13 bits per heavy atom. The third kappa shape index (κ3) is 7.78. The van der Waals surface area contributed by atoms with Crippen molar-refractivity contribution in [3.05, 3.63) is 12.7 Å². The first-order valence-corrected chi connectivity index (χ1v) is 10.4. The van der Waals surface area contributed by atoms with Gasteiger partial charge in [0.15, 0.2) is 11.5 Å². The number of quaternary nitrogens is 4. The number of phosphoric ester groups is 2. The fraction of sp³-hybridized carbons (Fsp3) is 0.545. The summed E-state index contributed by atoms with van der Waals surface area (Å²) in [7, 11) is -9.10. The molecular weight excluding hydrogens is 464 g/mol. The number of hydrogen-bond acceptors (Lipinski definition) is 13. The second-order valence-electron chi connectivity index (χ2n) is 5.50. The molecule has 0 amide bonds. The molecule has 0 radical (unpaired) electrons. The van der Waals surface area contributed by atoms with Crippen molar-refractivity contribution in [3.63, 3.8) is 0 Å². The van der Waals surface area contributed by atoms with E-state index >= 15 is 0 Å². The van der Waals surface area contributed by atoms with E-state index in [1.54, 1.807) is 7.05 Å². The predicted octanol–water partition coefficient (Wildman–Crippen LogP) is -1.28. The van der Waals surface area contributed by atoms with Crippen LogP contribution in [0.2, 0.25) is 0 Å².